The highest BCUT2D eigenvalue weighted by atomic mass is 79.9. The largest absolute Gasteiger partial charge is 0.350 e. The molecule has 0 spiro atoms. The van der Waals surface area contributed by atoms with Crippen molar-refractivity contribution in [1.29, 1.82) is 0 Å². The molecule has 106 valence electrons. The third-order valence-corrected chi connectivity index (χ3v) is 3.87. The Morgan fingerprint density at radius 1 is 1.25 bits per heavy atom. The minimum absolute atomic E-state index is 0.353. The molecule has 0 radical (unpaired) electrons. The van der Waals surface area contributed by atoms with Gasteiger partial charge in [-0.1, -0.05) is 30.3 Å². The van der Waals surface area contributed by atoms with Crippen molar-refractivity contribution in [2.75, 3.05) is 4.90 Å². The molecule has 4 heteroatoms. The smallest absolute Gasteiger partial charge is 0.133 e. The number of aromatic nitrogens is 1. The van der Waals surface area contributed by atoms with Gasteiger partial charge >= 0.3 is 0 Å². The molecule has 2 rings (SSSR count). The van der Waals surface area contributed by atoms with Crippen molar-refractivity contribution < 1.29 is 0 Å². The highest BCUT2D eigenvalue weighted by Gasteiger charge is 2.16. The molecule has 1 aromatic carbocycles. The summed E-state index contributed by atoms with van der Waals surface area (Å²) in [6.07, 6.45) is 1.83. The van der Waals surface area contributed by atoms with E-state index in [1.807, 2.05) is 18.3 Å². The molecule has 2 nitrogen and oxygen atoms in total. The molecule has 0 fully saturated rings. The summed E-state index contributed by atoms with van der Waals surface area (Å²) in [6.45, 7) is 5.17. The maximum atomic E-state index is 6.07. The van der Waals surface area contributed by atoms with E-state index >= 15 is 0 Å². The van der Waals surface area contributed by atoms with Gasteiger partial charge in [0.25, 0.3) is 0 Å². The minimum atomic E-state index is 0.353. The molecular weight excluding hydrogens is 336 g/mol. The predicted molar refractivity (Wildman–Crippen MR) is 89.3 cm³/mol. The Balaban J connectivity index is 2.34. The van der Waals surface area contributed by atoms with Crippen LogP contribution in [0.5, 0.6) is 0 Å². The summed E-state index contributed by atoms with van der Waals surface area (Å²) in [5, 5.41) is 0. The Kier molecular flexibility index (Phi) is 5.44. The van der Waals surface area contributed by atoms with Gasteiger partial charge in [0.15, 0.2) is 0 Å². The van der Waals surface area contributed by atoms with E-state index in [0.717, 1.165) is 22.4 Å². The molecule has 0 N–H and O–H groups in total. The van der Waals surface area contributed by atoms with Gasteiger partial charge < -0.3 is 4.90 Å². The minimum Gasteiger partial charge on any atom is -0.350 e. The second-order valence-corrected chi connectivity index (χ2v) is 6.16. The Bertz CT molecular complexity index is 558. The molecule has 0 aliphatic carbocycles. The molecule has 0 atom stereocenters. The SMILES string of the molecule is CC(C)N(Cc1ccccc1)c1ncc(Br)cc1CCl. The van der Waals surface area contributed by atoms with Gasteiger partial charge in [-0.3, -0.25) is 0 Å². The molecular formula is C16H18BrClN2. The van der Waals surface area contributed by atoms with E-state index in [9.17, 15) is 0 Å². The zero-order valence-electron chi connectivity index (χ0n) is 11.7. The van der Waals surface area contributed by atoms with Crippen molar-refractivity contribution in [3.05, 3.63) is 58.2 Å². The summed E-state index contributed by atoms with van der Waals surface area (Å²) in [4.78, 5) is 6.84. The van der Waals surface area contributed by atoms with Crippen molar-refractivity contribution in [2.45, 2.75) is 32.3 Å². The molecule has 0 saturated heterocycles. The fourth-order valence-electron chi connectivity index (χ4n) is 2.11. The van der Waals surface area contributed by atoms with Gasteiger partial charge in [-0.2, -0.15) is 0 Å². The number of nitrogens with zero attached hydrogens (tertiary/aromatic N) is 2. The monoisotopic (exact) mass is 352 g/mol. The number of anilines is 1. The van der Waals surface area contributed by atoms with Crippen LogP contribution in [0.2, 0.25) is 0 Å². The summed E-state index contributed by atoms with van der Waals surface area (Å²) in [5.74, 6) is 1.42. The third-order valence-electron chi connectivity index (χ3n) is 3.14. The Morgan fingerprint density at radius 3 is 2.55 bits per heavy atom. The fourth-order valence-corrected chi connectivity index (χ4v) is 2.69. The van der Waals surface area contributed by atoms with Crippen molar-refractivity contribution in [3.63, 3.8) is 0 Å². The van der Waals surface area contributed by atoms with Crippen LogP contribution in [-0.4, -0.2) is 11.0 Å². The second-order valence-electron chi connectivity index (χ2n) is 4.98. The summed E-state index contributed by atoms with van der Waals surface area (Å²) >= 11 is 9.52. The van der Waals surface area contributed by atoms with Crippen LogP contribution in [0.1, 0.15) is 25.0 Å². The lowest BCUT2D eigenvalue weighted by atomic mass is 10.1. The highest BCUT2D eigenvalue weighted by molar-refractivity contribution is 9.10. The first-order valence-electron chi connectivity index (χ1n) is 6.62. The first-order valence-corrected chi connectivity index (χ1v) is 7.95. The molecule has 20 heavy (non-hydrogen) atoms. The molecule has 0 unspecified atom stereocenters. The number of benzene rings is 1. The van der Waals surface area contributed by atoms with E-state index in [-0.39, 0.29) is 0 Å². The van der Waals surface area contributed by atoms with Gasteiger partial charge in [-0.05, 0) is 41.4 Å². The van der Waals surface area contributed by atoms with Crippen LogP contribution in [-0.2, 0) is 12.4 Å². The van der Waals surface area contributed by atoms with E-state index in [0.29, 0.717) is 11.9 Å². The quantitative estimate of drug-likeness (QED) is 0.703. The molecule has 0 amide bonds. The highest BCUT2D eigenvalue weighted by Crippen LogP contribution is 2.26. The van der Waals surface area contributed by atoms with Crippen molar-refractivity contribution in [1.82, 2.24) is 4.98 Å². The second kappa shape index (κ2) is 7.09. The fraction of sp³-hybridized carbons (Fsp3) is 0.312. The van der Waals surface area contributed by atoms with Gasteiger partial charge in [0.2, 0.25) is 0 Å². The van der Waals surface area contributed by atoms with Crippen LogP contribution in [0, 0.1) is 0 Å². The lowest BCUT2D eigenvalue weighted by molar-refractivity contribution is 0.669. The van der Waals surface area contributed by atoms with Crippen molar-refractivity contribution >= 4 is 33.3 Å². The first-order chi connectivity index (χ1) is 9.61. The molecule has 0 aliphatic heterocycles. The summed E-state index contributed by atoms with van der Waals surface area (Å²) in [5.41, 5.74) is 2.32. The zero-order chi connectivity index (χ0) is 14.5. The maximum absolute atomic E-state index is 6.07. The number of rotatable bonds is 5. The van der Waals surface area contributed by atoms with E-state index in [1.54, 1.807) is 0 Å². The van der Waals surface area contributed by atoms with Crippen LogP contribution in [0.25, 0.3) is 0 Å². The summed E-state index contributed by atoms with van der Waals surface area (Å²) in [6, 6.07) is 12.8. The number of pyridine rings is 1. The molecule has 2 aromatic rings. The van der Waals surface area contributed by atoms with Crippen LogP contribution in [0.3, 0.4) is 0 Å². The van der Waals surface area contributed by atoms with E-state index < -0.39 is 0 Å². The van der Waals surface area contributed by atoms with Crippen LogP contribution in [0.4, 0.5) is 5.82 Å². The number of halogens is 2. The number of hydrogen-bond acceptors (Lipinski definition) is 2. The molecule has 0 saturated carbocycles. The van der Waals surface area contributed by atoms with Crippen molar-refractivity contribution in [2.24, 2.45) is 0 Å². The van der Waals surface area contributed by atoms with Crippen LogP contribution < -0.4 is 4.90 Å². The first kappa shape index (κ1) is 15.3. The molecule has 1 heterocycles. The topological polar surface area (TPSA) is 16.1 Å². The average Bonchev–Trinajstić information content (AvgIpc) is 2.46. The van der Waals surface area contributed by atoms with Crippen molar-refractivity contribution in [3.8, 4) is 0 Å². The van der Waals surface area contributed by atoms with Crippen LogP contribution >= 0.6 is 27.5 Å². The Hall–Kier alpha value is -1.06. The summed E-state index contributed by atoms with van der Waals surface area (Å²) in [7, 11) is 0. The standard InChI is InChI=1S/C16H18BrClN2/c1-12(2)20(11-13-6-4-3-5-7-13)16-14(9-18)8-15(17)10-19-16/h3-8,10,12H,9,11H2,1-2H3. The number of alkyl halides is 1. The lowest BCUT2D eigenvalue weighted by Crippen LogP contribution is -2.31. The van der Waals surface area contributed by atoms with Gasteiger partial charge in [-0.15, -0.1) is 11.6 Å². The van der Waals surface area contributed by atoms with Gasteiger partial charge in [0, 0.05) is 28.8 Å². The van der Waals surface area contributed by atoms with Crippen LogP contribution in [0.15, 0.2) is 47.1 Å². The van der Waals surface area contributed by atoms with Gasteiger partial charge in [0.05, 0.1) is 5.88 Å². The average molecular weight is 354 g/mol. The van der Waals surface area contributed by atoms with E-state index in [4.69, 9.17) is 11.6 Å². The summed E-state index contributed by atoms with van der Waals surface area (Å²) < 4.78 is 0.959. The van der Waals surface area contributed by atoms with Gasteiger partial charge in [-0.25, -0.2) is 4.98 Å². The normalized spacial score (nSPS) is 10.8. The molecule has 0 bridgehead atoms. The van der Waals surface area contributed by atoms with Gasteiger partial charge in [0.1, 0.15) is 5.82 Å². The maximum Gasteiger partial charge on any atom is 0.133 e. The Morgan fingerprint density at radius 2 is 1.95 bits per heavy atom. The third kappa shape index (κ3) is 3.74. The predicted octanol–water partition coefficient (Wildman–Crippen LogP) is 5.00. The zero-order valence-corrected chi connectivity index (χ0v) is 14.0. The van der Waals surface area contributed by atoms with E-state index in [2.05, 4.69) is 63.9 Å². The molecule has 1 aromatic heterocycles. The Labute approximate surface area is 133 Å². The lowest BCUT2D eigenvalue weighted by Gasteiger charge is -2.29. The van der Waals surface area contributed by atoms with E-state index in [1.165, 1.54) is 5.56 Å². The molecule has 0 aliphatic rings. The number of hydrogen-bond donors (Lipinski definition) is 0.